The Bertz CT molecular complexity index is 1120. The van der Waals surface area contributed by atoms with Crippen molar-refractivity contribution in [3.63, 3.8) is 0 Å². The normalized spacial score (nSPS) is 16.8. The molecule has 3 aromatic carbocycles. The van der Waals surface area contributed by atoms with Gasteiger partial charge in [0.1, 0.15) is 11.6 Å². The number of carbonyl (C=O) groups is 1. The molecule has 0 bridgehead atoms. The average Bonchev–Trinajstić information content (AvgIpc) is 3.10. The highest BCUT2D eigenvalue weighted by Gasteiger charge is 2.44. The second kappa shape index (κ2) is 9.06. The highest BCUT2D eigenvalue weighted by Crippen LogP contribution is 2.40. The van der Waals surface area contributed by atoms with Crippen molar-refractivity contribution in [2.75, 3.05) is 13.1 Å². The van der Waals surface area contributed by atoms with Crippen molar-refractivity contribution in [3.8, 4) is 0 Å². The van der Waals surface area contributed by atoms with Crippen molar-refractivity contribution >= 4 is 5.91 Å². The van der Waals surface area contributed by atoms with Gasteiger partial charge in [-0.25, -0.2) is 8.78 Å². The molecular weight excluding hydrogens is 418 g/mol. The highest BCUT2D eigenvalue weighted by atomic mass is 19.1. The van der Waals surface area contributed by atoms with E-state index in [-0.39, 0.29) is 29.0 Å². The highest BCUT2D eigenvalue weighted by molar-refractivity contribution is 6.01. The maximum Gasteiger partial charge on any atom is 0.252 e. The first-order chi connectivity index (χ1) is 16.1. The monoisotopic (exact) mass is 446 g/mol. The van der Waals surface area contributed by atoms with Crippen LogP contribution in [0.15, 0.2) is 66.7 Å². The molecule has 2 heterocycles. The van der Waals surface area contributed by atoms with Gasteiger partial charge >= 0.3 is 0 Å². The van der Waals surface area contributed by atoms with Crippen LogP contribution >= 0.6 is 0 Å². The molecule has 3 nitrogen and oxygen atoms in total. The second-order valence-corrected chi connectivity index (χ2v) is 9.11. The number of aryl methyl sites for hydroxylation is 1. The molecule has 33 heavy (non-hydrogen) atoms. The minimum Gasteiger partial charge on any atom is -0.342 e. The van der Waals surface area contributed by atoms with Gasteiger partial charge in [0.15, 0.2) is 0 Å². The largest absolute Gasteiger partial charge is 0.342 e. The van der Waals surface area contributed by atoms with Crippen LogP contribution in [-0.2, 0) is 12.0 Å². The number of rotatable bonds is 6. The SMILES string of the molecule is O=C1NC2(CCNCC2)c2cccc(CCCC(c3ccccc3F)c3ccccc3F)c21. The lowest BCUT2D eigenvalue weighted by Crippen LogP contribution is -2.47. The number of carbonyl (C=O) groups excluding carboxylic acids is 1. The number of fused-ring (bicyclic) bond motifs is 2. The van der Waals surface area contributed by atoms with Gasteiger partial charge in [-0.15, -0.1) is 0 Å². The van der Waals surface area contributed by atoms with Crippen molar-refractivity contribution < 1.29 is 13.6 Å². The molecule has 3 aromatic rings. The number of benzene rings is 3. The first kappa shape index (κ1) is 21.8. The third-order valence-corrected chi connectivity index (χ3v) is 7.20. The average molecular weight is 447 g/mol. The van der Waals surface area contributed by atoms with Gasteiger partial charge in [0.05, 0.1) is 5.54 Å². The first-order valence-electron chi connectivity index (χ1n) is 11.7. The summed E-state index contributed by atoms with van der Waals surface area (Å²) in [5, 5.41) is 6.63. The summed E-state index contributed by atoms with van der Waals surface area (Å²) in [6.07, 6.45) is 3.76. The zero-order chi connectivity index (χ0) is 22.8. The molecule has 1 saturated heterocycles. The molecule has 5 rings (SSSR count). The summed E-state index contributed by atoms with van der Waals surface area (Å²) in [7, 11) is 0. The van der Waals surface area contributed by atoms with Gasteiger partial charge in [0.25, 0.3) is 5.91 Å². The Kier molecular flexibility index (Phi) is 5.98. The summed E-state index contributed by atoms with van der Waals surface area (Å²) in [4.78, 5) is 13.0. The fourth-order valence-corrected chi connectivity index (χ4v) is 5.56. The lowest BCUT2D eigenvalue weighted by Gasteiger charge is -2.34. The molecule has 0 saturated carbocycles. The fraction of sp³-hybridized carbons (Fsp3) is 0.321. The third kappa shape index (κ3) is 4.06. The predicted molar refractivity (Wildman–Crippen MR) is 125 cm³/mol. The lowest BCUT2D eigenvalue weighted by atomic mass is 9.81. The predicted octanol–water partition coefficient (Wildman–Crippen LogP) is 5.44. The van der Waals surface area contributed by atoms with Crippen LogP contribution < -0.4 is 10.6 Å². The molecule has 2 aliphatic heterocycles. The summed E-state index contributed by atoms with van der Waals surface area (Å²) in [6, 6.07) is 19.3. The topological polar surface area (TPSA) is 41.1 Å². The van der Waals surface area contributed by atoms with Crippen LogP contribution in [0, 0.1) is 11.6 Å². The molecule has 1 spiro atoms. The Morgan fingerprint density at radius 3 is 2.12 bits per heavy atom. The summed E-state index contributed by atoms with van der Waals surface area (Å²) in [5.74, 6) is -1.02. The first-order valence-corrected chi connectivity index (χ1v) is 11.7. The molecule has 0 unspecified atom stereocenters. The Morgan fingerprint density at radius 1 is 0.848 bits per heavy atom. The number of hydrogen-bond acceptors (Lipinski definition) is 2. The maximum atomic E-state index is 14.7. The van der Waals surface area contributed by atoms with Crippen LogP contribution in [0.1, 0.15) is 64.2 Å². The molecule has 170 valence electrons. The van der Waals surface area contributed by atoms with E-state index in [0.29, 0.717) is 30.4 Å². The van der Waals surface area contributed by atoms with E-state index in [1.807, 2.05) is 12.1 Å². The minimum atomic E-state index is -0.381. The smallest absolute Gasteiger partial charge is 0.252 e. The zero-order valence-electron chi connectivity index (χ0n) is 18.5. The van der Waals surface area contributed by atoms with Crippen molar-refractivity contribution in [1.82, 2.24) is 10.6 Å². The van der Waals surface area contributed by atoms with Crippen LogP contribution in [0.4, 0.5) is 8.78 Å². The van der Waals surface area contributed by atoms with Gasteiger partial charge in [0, 0.05) is 11.5 Å². The van der Waals surface area contributed by atoms with Crippen molar-refractivity contribution in [2.24, 2.45) is 0 Å². The number of amides is 1. The van der Waals surface area contributed by atoms with Gasteiger partial charge in [0.2, 0.25) is 0 Å². The molecule has 0 aliphatic carbocycles. The van der Waals surface area contributed by atoms with Crippen LogP contribution in [0.3, 0.4) is 0 Å². The van der Waals surface area contributed by atoms with E-state index >= 15 is 0 Å². The van der Waals surface area contributed by atoms with Gasteiger partial charge < -0.3 is 10.6 Å². The van der Waals surface area contributed by atoms with Crippen LogP contribution in [0.25, 0.3) is 0 Å². The Morgan fingerprint density at radius 2 is 1.48 bits per heavy atom. The maximum absolute atomic E-state index is 14.7. The summed E-state index contributed by atoms with van der Waals surface area (Å²) in [6.45, 7) is 1.77. The molecule has 0 radical (unpaired) electrons. The van der Waals surface area contributed by atoms with E-state index in [9.17, 15) is 13.6 Å². The molecule has 5 heteroatoms. The van der Waals surface area contributed by atoms with E-state index in [0.717, 1.165) is 42.6 Å². The molecule has 2 aliphatic rings. The number of piperidine rings is 1. The van der Waals surface area contributed by atoms with Crippen molar-refractivity contribution in [1.29, 1.82) is 0 Å². The molecule has 0 atom stereocenters. The lowest BCUT2D eigenvalue weighted by molar-refractivity contribution is 0.0913. The van der Waals surface area contributed by atoms with Crippen LogP contribution in [-0.4, -0.2) is 19.0 Å². The van der Waals surface area contributed by atoms with Crippen LogP contribution in [0.2, 0.25) is 0 Å². The summed E-state index contributed by atoms with van der Waals surface area (Å²) >= 11 is 0. The Labute approximate surface area is 193 Å². The van der Waals surface area contributed by atoms with Gasteiger partial charge in [-0.05, 0) is 79.6 Å². The van der Waals surface area contributed by atoms with E-state index in [1.165, 1.54) is 12.1 Å². The van der Waals surface area contributed by atoms with Crippen molar-refractivity contribution in [2.45, 2.75) is 43.6 Å². The zero-order valence-corrected chi connectivity index (χ0v) is 18.5. The van der Waals surface area contributed by atoms with E-state index in [2.05, 4.69) is 16.7 Å². The summed E-state index contributed by atoms with van der Waals surface area (Å²) in [5.41, 5.74) is 3.66. The van der Waals surface area contributed by atoms with Gasteiger partial charge in [-0.3, -0.25) is 4.79 Å². The standard InChI is InChI=1S/C28H28F2N2O/c29-24-13-3-1-9-21(24)20(22-10-2-4-14-25(22)30)11-5-7-19-8-6-12-23-26(19)27(33)32-28(23)15-17-31-18-16-28/h1-4,6,8-10,12-14,20,31H,5,7,11,15-18H2,(H,32,33). The molecule has 1 fully saturated rings. The Balaban J connectivity index is 1.40. The summed E-state index contributed by atoms with van der Waals surface area (Å²) < 4.78 is 29.3. The fourth-order valence-electron chi connectivity index (χ4n) is 5.56. The minimum absolute atomic E-state index is 0.00209. The van der Waals surface area contributed by atoms with Gasteiger partial charge in [-0.1, -0.05) is 54.6 Å². The molecule has 2 N–H and O–H groups in total. The number of hydrogen-bond donors (Lipinski definition) is 2. The van der Waals surface area contributed by atoms with E-state index in [1.54, 1.807) is 36.4 Å². The Hall–Kier alpha value is -3.05. The second-order valence-electron chi connectivity index (χ2n) is 9.11. The van der Waals surface area contributed by atoms with E-state index in [4.69, 9.17) is 0 Å². The molecular formula is C28H28F2N2O. The number of nitrogens with one attached hydrogen (secondary N) is 2. The van der Waals surface area contributed by atoms with Crippen LogP contribution in [0.5, 0.6) is 0 Å². The third-order valence-electron chi connectivity index (χ3n) is 7.20. The quantitative estimate of drug-likeness (QED) is 0.529. The van der Waals surface area contributed by atoms with Gasteiger partial charge in [-0.2, -0.15) is 0 Å². The molecule has 1 amide bonds. The van der Waals surface area contributed by atoms with E-state index < -0.39 is 0 Å². The number of halogens is 2. The molecule has 0 aromatic heterocycles. The van der Waals surface area contributed by atoms with Crippen molar-refractivity contribution in [3.05, 3.63) is 106 Å².